The second-order valence-electron chi connectivity index (χ2n) is 3.86. The van der Waals surface area contributed by atoms with Crippen LogP contribution < -0.4 is 5.73 Å². The van der Waals surface area contributed by atoms with Gasteiger partial charge in [-0.15, -0.1) is 0 Å². The summed E-state index contributed by atoms with van der Waals surface area (Å²) in [6.45, 7) is 4.01. The molecule has 0 bridgehead atoms. The van der Waals surface area contributed by atoms with Crippen molar-refractivity contribution in [3.8, 4) is 11.5 Å². The number of hydrogen-bond donors (Lipinski definition) is 3. The van der Waals surface area contributed by atoms with Gasteiger partial charge in [-0.2, -0.15) is 0 Å². The van der Waals surface area contributed by atoms with E-state index in [0.29, 0.717) is 5.92 Å². The molecule has 0 saturated carbocycles. The normalized spacial score (nSPS) is 15.1. The first-order chi connectivity index (χ1) is 6.50. The summed E-state index contributed by atoms with van der Waals surface area (Å²) >= 11 is 0. The molecule has 14 heavy (non-hydrogen) atoms. The van der Waals surface area contributed by atoms with E-state index in [-0.39, 0.29) is 17.5 Å². The number of nitrogens with two attached hydrogens (primary N) is 1. The Hall–Kier alpha value is -1.22. The molecular formula is C11H17NO2. The first kappa shape index (κ1) is 10.9. The Balaban J connectivity index is 2.80. The number of phenols is 2. The van der Waals surface area contributed by atoms with E-state index >= 15 is 0 Å². The first-order valence-corrected chi connectivity index (χ1v) is 4.78. The van der Waals surface area contributed by atoms with Crippen LogP contribution in [0.1, 0.15) is 31.7 Å². The average Bonchev–Trinajstić information content (AvgIpc) is 2.08. The van der Waals surface area contributed by atoms with E-state index in [1.165, 1.54) is 6.07 Å². The molecule has 0 aliphatic carbocycles. The van der Waals surface area contributed by atoms with Gasteiger partial charge in [0.15, 0.2) is 11.5 Å². The molecule has 0 aliphatic heterocycles. The fourth-order valence-electron chi connectivity index (χ4n) is 1.54. The molecule has 78 valence electrons. The summed E-state index contributed by atoms with van der Waals surface area (Å²) in [7, 11) is 0. The zero-order valence-electron chi connectivity index (χ0n) is 8.57. The Morgan fingerprint density at radius 1 is 1.21 bits per heavy atom. The third kappa shape index (κ3) is 2.64. The van der Waals surface area contributed by atoms with E-state index in [2.05, 4.69) is 6.92 Å². The van der Waals surface area contributed by atoms with E-state index in [1.807, 2.05) is 13.0 Å². The molecular weight excluding hydrogens is 178 g/mol. The number of aromatic hydroxyl groups is 2. The van der Waals surface area contributed by atoms with Crippen molar-refractivity contribution in [3.05, 3.63) is 23.8 Å². The van der Waals surface area contributed by atoms with Crippen LogP contribution in [0.2, 0.25) is 0 Å². The highest BCUT2D eigenvalue weighted by Gasteiger charge is 2.09. The lowest BCUT2D eigenvalue weighted by molar-refractivity contribution is 0.402. The van der Waals surface area contributed by atoms with Crippen LogP contribution in [0.3, 0.4) is 0 Å². The standard InChI is InChI=1S/C11H17NO2/c1-7(5-8(2)12)9-3-4-10(13)11(14)6-9/h3-4,6-8,13-14H,5,12H2,1-2H3. The molecule has 0 saturated heterocycles. The summed E-state index contributed by atoms with van der Waals surface area (Å²) < 4.78 is 0. The molecule has 2 unspecified atom stereocenters. The Bertz CT molecular complexity index is 310. The van der Waals surface area contributed by atoms with Crippen LogP contribution in [0.5, 0.6) is 11.5 Å². The van der Waals surface area contributed by atoms with E-state index < -0.39 is 0 Å². The minimum Gasteiger partial charge on any atom is -0.504 e. The lowest BCUT2D eigenvalue weighted by atomic mass is 9.94. The Kier molecular flexibility index (Phi) is 3.36. The van der Waals surface area contributed by atoms with Crippen LogP contribution in [-0.2, 0) is 0 Å². The van der Waals surface area contributed by atoms with Crippen molar-refractivity contribution in [1.82, 2.24) is 0 Å². The third-order valence-corrected chi connectivity index (χ3v) is 2.29. The van der Waals surface area contributed by atoms with Crippen molar-refractivity contribution < 1.29 is 10.2 Å². The molecule has 0 amide bonds. The fraction of sp³-hybridized carbons (Fsp3) is 0.455. The summed E-state index contributed by atoms with van der Waals surface area (Å²) in [4.78, 5) is 0. The van der Waals surface area contributed by atoms with Gasteiger partial charge in [0.2, 0.25) is 0 Å². The van der Waals surface area contributed by atoms with Gasteiger partial charge in [-0.05, 0) is 37.0 Å². The molecule has 0 radical (unpaired) electrons. The summed E-state index contributed by atoms with van der Waals surface area (Å²) in [5.74, 6) is 0.141. The topological polar surface area (TPSA) is 66.5 Å². The van der Waals surface area contributed by atoms with E-state index in [0.717, 1.165) is 12.0 Å². The van der Waals surface area contributed by atoms with Crippen LogP contribution in [0, 0.1) is 0 Å². The molecule has 3 nitrogen and oxygen atoms in total. The second kappa shape index (κ2) is 4.33. The highest BCUT2D eigenvalue weighted by molar-refractivity contribution is 5.41. The van der Waals surface area contributed by atoms with Crippen LogP contribution in [0.4, 0.5) is 0 Å². The maximum atomic E-state index is 9.30. The number of phenolic OH excluding ortho intramolecular Hbond substituents is 2. The van der Waals surface area contributed by atoms with Gasteiger partial charge in [0.1, 0.15) is 0 Å². The van der Waals surface area contributed by atoms with Gasteiger partial charge in [0.05, 0.1) is 0 Å². The quantitative estimate of drug-likeness (QED) is 0.646. The zero-order valence-corrected chi connectivity index (χ0v) is 8.57. The highest BCUT2D eigenvalue weighted by atomic mass is 16.3. The average molecular weight is 195 g/mol. The lowest BCUT2D eigenvalue weighted by Gasteiger charge is -2.14. The summed E-state index contributed by atoms with van der Waals surface area (Å²) in [6.07, 6.45) is 0.865. The van der Waals surface area contributed by atoms with Crippen molar-refractivity contribution in [2.45, 2.75) is 32.2 Å². The molecule has 0 fully saturated rings. The van der Waals surface area contributed by atoms with Gasteiger partial charge in [0.25, 0.3) is 0 Å². The van der Waals surface area contributed by atoms with Gasteiger partial charge in [-0.3, -0.25) is 0 Å². The molecule has 0 spiro atoms. The van der Waals surface area contributed by atoms with Gasteiger partial charge < -0.3 is 15.9 Å². The van der Waals surface area contributed by atoms with Crippen LogP contribution in [0.25, 0.3) is 0 Å². The monoisotopic (exact) mass is 195 g/mol. The molecule has 1 aromatic rings. The minimum atomic E-state index is -0.0817. The third-order valence-electron chi connectivity index (χ3n) is 2.29. The predicted molar refractivity (Wildman–Crippen MR) is 56.5 cm³/mol. The maximum Gasteiger partial charge on any atom is 0.157 e. The van der Waals surface area contributed by atoms with E-state index in [4.69, 9.17) is 10.8 Å². The predicted octanol–water partition coefficient (Wildman–Crippen LogP) is 1.94. The summed E-state index contributed by atoms with van der Waals surface area (Å²) in [5.41, 5.74) is 6.68. The van der Waals surface area contributed by atoms with Crippen LogP contribution in [-0.4, -0.2) is 16.3 Å². The van der Waals surface area contributed by atoms with Crippen molar-refractivity contribution in [2.75, 3.05) is 0 Å². The van der Waals surface area contributed by atoms with Crippen molar-refractivity contribution in [1.29, 1.82) is 0 Å². The summed E-state index contributed by atoms with van der Waals surface area (Å²) in [6, 6.07) is 5.04. The number of hydrogen-bond acceptors (Lipinski definition) is 3. The molecule has 4 N–H and O–H groups in total. The fourth-order valence-corrected chi connectivity index (χ4v) is 1.54. The zero-order chi connectivity index (χ0) is 10.7. The molecule has 0 aromatic heterocycles. The van der Waals surface area contributed by atoms with Crippen molar-refractivity contribution >= 4 is 0 Å². The van der Waals surface area contributed by atoms with E-state index in [1.54, 1.807) is 6.07 Å². The minimum absolute atomic E-state index is 0.0703. The van der Waals surface area contributed by atoms with Crippen LogP contribution in [0.15, 0.2) is 18.2 Å². The lowest BCUT2D eigenvalue weighted by Crippen LogP contribution is -2.17. The molecule has 0 aliphatic rings. The number of benzene rings is 1. The van der Waals surface area contributed by atoms with Gasteiger partial charge >= 0.3 is 0 Å². The Labute approximate surface area is 84.2 Å². The maximum absolute atomic E-state index is 9.30. The van der Waals surface area contributed by atoms with Gasteiger partial charge in [-0.25, -0.2) is 0 Å². The molecule has 3 heteroatoms. The SMILES string of the molecule is CC(N)CC(C)c1ccc(O)c(O)c1. The smallest absolute Gasteiger partial charge is 0.157 e. The van der Waals surface area contributed by atoms with Gasteiger partial charge in [-0.1, -0.05) is 13.0 Å². The molecule has 1 aromatic carbocycles. The Morgan fingerprint density at radius 3 is 2.36 bits per heavy atom. The molecule has 2 atom stereocenters. The van der Waals surface area contributed by atoms with Crippen molar-refractivity contribution in [3.63, 3.8) is 0 Å². The van der Waals surface area contributed by atoms with Crippen LogP contribution >= 0.6 is 0 Å². The van der Waals surface area contributed by atoms with E-state index in [9.17, 15) is 5.11 Å². The Morgan fingerprint density at radius 2 is 1.86 bits per heavy atom. The summed E-state index contributed by atoms with van der Waals surface area (Å²) in [5, 5.41) is 18.4. The molecule has 0 heterocycles. The largest absolute Gasteiger partial charge is 0.504 e. The molecule has 1 rings (SSSR count). The first-order valence-electron chi connectivity index (χ1n) is 4.78. The second-order valence-corrected chi connectivity index (χ2v) is 3.86. The highest BCUT2D eigenvalue weighted by Crippen LogP contribution is 2.29. The van der Waals surface area contributed by atoms with Crippen molar-refractivity contribution in [2.24, 2.45) is 5.73 Å². The van der Waals surface area contributed by atoms with Gasteiger partial charge in [0, 0.05) is 6.04 Å². The number of rotatable bonds is 3.